The lowest BCUT2D eigenvalue weighted by Crippen LogP contribution is -2.42. The number of fused-ring (bicyclic) bond motifs is 1. The van der Waals surface area contributed by atoms with Crippen LogP contribution in [0.25, 0.3) is 5.52 Å². The Labute approximate surface area is 247 Å². The van der Waals surface area contributed by atoms with E-state index in [4.69, 9.17) is 5.73 Å². The summed E-state index contributed by atoms with van der Waals surface area (Å²) in [5.74, 6) is 1.07. The molecule has 1 aliphatic rings. The fourth-order valence-electron chi connectivity index (χ4n) is 3.84. The molecular weight excluding hydrogens is 514 g/mol. The number of nitrogens with two attached hydrogens (primary N) is 1. The molecule has 41 heavy (non-hydrogen) atoms. The number of anilines is 1. The first kappa shape index (κ1) is 37.2. The molecule has 0 saturated carbocycles. The summed E-state index contributed by atoms with van der Waals surface area (Å²) in [6, 6.07) is 4.03. The van der Waals surface area contributed by atoms with E-state index in [-0.39, 0.29) is 5.91 Å². The zero-order valence-electron chi connectivity index (χ0n) is 25.9. The number of hydrogen-bond acceptors (Lipinski definition) is 7. The van der Waals surface area contributed by atoms with Crippen molar-refractivity contribution in [3.05, 3.63) is 84.9 Å². The van der Waals surface area contributed by atoms with Gasteiger partial charge >= 0.3 is 0 Å². The molecule has 0 aliphatic carbocycles. The maximum Gasteiger partial charge on any atom is 0.236 e. The molecule has 3 heterocycles. The summed E-state index contributed by atoms with van der Waals surface area (Å²) in [6.45, 7) is 15.0. The van der Waals surface area contributed by atoms with Gasteiger partial charge in [0.2, 0.25) is 5.91 Å². The third-order valence-corrected chi connectivity index (χ3v) is 6.02. The number of amides is 1. The van der Waals surface area contributed by atoms with Crippen molar-refractivity contribution in [3.63, 3.8) is 0 Å². The number of nitrogen functional groups attached to an aromatic ring is 1. The number of aromatic nitrogens is 3. The lowest BCUT2D eigenvalue weighted by atomic mass is 9.93. The van der Waals surface area contributed by atoms with E-state index in [1.54, 1.807) is 31.4 Å². The molecule has 0 spiro atoms. The Morgan fingerprint density at radius 3 is 2.37 bits per heavy atom. The largest absolute Gasteiger partial charge is 0.382 e. The summed E-state index contributed by atoms with van der Waals surface area (Å²) in [6.07, 6.45) is 17.8. The minimum absolute atomic E-state index is 0.169. The summed E-state index contributed by atoms with van der Waals surface area (Å²) < 4.78 is 1.87. The van der Waals surface area contributed by atoms with Crippen molar-refractivity contribution in [1.82, 2.24) is 30.1 Å². The molecule has 4 N–H and O–H groups in total. The number of rotatable bonds is 9. The quantitative estimate of drug-likeness (QED) is 0.226. The first-order valence-corrected chi connectivity index (χ1v) is 14.1. The third-order valence-electron chi connectivity index (χ3n) is 6.02. The Hall–Kier alpha value is -3.82. The Balaban J connectivity index is 0.000000668. The van der Waals surface area contributed by atoms with Gasteiger partial charge < -0.3 is 21.3 Å². The van der Waals surface area contributed by atoms with Crippen molar-refractivity contribution in [2.24, 2.45) is 0 Å². The number of nitrogens with one attached hydrogen (secondary N) is 2. The molecule has 1 saturated heterocycles. The average molecular weight is 566 g/mol. The summed E-state index contributed by atoms with van der Waals surface area (Å²) in [5.41, 5.74) is 9.56. The van der Waals surface area contributed by atoms with E-state index in [2.05, 4.69) is 52.9 Å². The van der Waals surface area contributed by atoms with Gasteiger partial charge in [0.05, 0.1) is 6.54 Å². The zero-order chi connectivity index (χ0) is 31.0. The maximum absolute atomic E-state index is 11.9. The predicted octanol–water partition coefficient (Wildman–Crippen LogP) is 4.87. The van der Waals surface area contributed by atoms with Gasteiger partial charge in [0.15, 0.2) is 5.82 Å². The second-order valence-corrected chi connectivity index (χ2v) is 9.34. The van der Waals surface area contributed by atoms with Gasteiger partial charge in [0.1, 0.15) is 18.1 Å². The number of likely N-dealkylation sites (tertiary alicyclic amines) is 1. The van der Waals surface area contributed by atoms with Crippen LogP contribution in [0.2, 0.25) is 0 Å². The van der Waals surface area contributed by atoms with Crippen molar-refractivity contribution in [1.29, 1.82) is 0 Å². The summed E-state index contributed by atoms with van der Waals surface area (Å²) in [4.78, 5) is 28.0. The molecule has 9 heteroatoms. The number of aldehydes is 1. The van der Waals surface area contributed by atoms with E-state index >= 15 is 0 Å². The normalized spacial score (nSPS) is 13.8. The standard InChI is InChI=1S/C14H20N6O.C9H12O.C7H12.C2H7N/c1-16-8-13(21)19-6-4-10(5-7-19)11-2-3-12-14(15)17-9-18-20(11)12;1-4-8(3)6-9(5-2)7-10;1-3-5-7-6-4-2;1-3-2/h2-3,9-10,16H,4-8H2,1H3,(H2,15,17,18);4-7H,1H2,2-3H3;3,5,7H,1,4,6H2,2H3;3H,1-2H3/b;8-6-,9-5+;7-5-;. The van der Waals surface area contributed by atoms with E-state index in [1.807, 2.05) is 49.5 Å². The molecule has 0 bridgehead atoms. The molecule has 1 fully saturated rings. The van der Waals surface area contributed by atoms with Crippen LogP contribution in [0.15, 0.2) is 79.2 Å². The van der Waals surface area contributed by atoms with Crippen molar-refractivity contribution < 1.29 is 9.59 Å². The van der Waals surface area contributed by atoms with Gasteiger partial charge in [0, 0.05) is 30.3 Å². The maximum atomic E-state index is 11.9. The number of piperidine rings is 1. The second-order valence-electron chi connectivity index (χ2n) is 9.34. The number of unbranched alkanes of at least 4 members (excludes halogenated alkanes) is 1. The van der Waals surface area contributed by atoms with E-state index in [1.165, 1.54) is 19.2 Å². The Kier molecular flexibility index (Phi) is 20.8. The highest BCUT2D eigenvalue weighted by atomic mass is 16.2. The number of likely N-dealkylation sites (N-methyl/N-ethyl adjacent to an activating group) is 1. The fourth-order valence-corrected chi connectivity index (χ4v) is 3.84. The van der Waals surface area contributed by atoms with Gasteiger partial charge in [-0.05, 0) is 72.5 Å². The van der Waals surface area contributed by atoms with Gasteiger partial charge in [-0.15, -0.1) is 0 Å². The molecule has 1 amide bonds. The molecule has 0 unspecified atom stereocenters. The molecular formula is C32H51N7O2. The van der Waals surface area contributed by atoms with Gasteiger partial charge in [-0.1, -0.05) is 62.5 Å². The minimum Gasteiger partial charge on any atom is -0.382 e. The molecule has 2 aromatic rings. The second kappa shape index (κ2) is 22.9. The third kappa shape index (κ3) is 14.4. The number of carbonyl (C=O) groups excluding carboxylic acids is 2. The highest BCUT2D eigenvalue weighted by Crippen LogP contribution is 2.29. The first-order valence-electron chi connectivity index (χ1n) is 14.1. The molecule has 0 aromatic carbocycles. The van der Waals surface area contributed by atoms with Crippen LogP contribution >= 0.6 is 0 Å². The van der Waals surface area contributed by atoms with Crippen LogP contribution in [0.3, 0.4) is 0 Å². The van der Waals surface area contributed by atoms with Gasteiger partial charge in [-0.2, -0.15) is 5.10 Å². The van der Waals surface area contributed by atoms with E-state index in [9.17, 15) is 9.59 Å². The number of carbonyl (C=O) groups is 2. The zero-order valence-corrected chi connectivity index (χ0v) is 25.9. The van der Waals surface area contributed by atoms with Gasteiger partial charge in [-0.3, -0.25) is 9.59 Å². The van der Waals surface area contributed by atoms with Crippen LogP contribution in [-0.2, 0) is 9.59 Å². The van der Waals surface area contributed by atoms with Crippen molar-refractivity contribution in [3.8, 4) is 0 Å². The lowest BCUT2D eigenvalue weighted by Gasteiger charge is -2.31. The van der Waals surface area contributed by atoms with Crippen LogP contribution in [0.1, 0.15) is 58.1 Å². The Morgan fingerprint density at radius 2 is 1.85 bits per heavy atom. The van der Waals surface area contributed by atoms with Crippen molar-refractivity contribution in [2.75, 3.05) is 46.5 Å². The van der Waals surface area contributed by atoms with E-state index in [0.717, 1.165) is 49.0 Å². The SMILES string of the molecule is C=C/C(C)=C\C(C=O)=C/C.C=C/C=C\CCC.CNC.CNCC(=O)N1CCC(c2ccc3c(N)ncnn23)CC1. The highest BCUT2D eigenvalue weighted by Gasteiger charge is 2.25. The monoisotopic (exact) mass is 565 g/mol. The molecule has 1 aliphatic heterocycles. The summed E-state index contributed by atoms with van der Waals surface area (Å²) in [7, 11) is 5.54. The topological polar surface area (TPSA) is 118 Å². The number of nitrogens with zero attached hydrogens (tertiary/aromatic N) is 4. The number of hydrogen-bond donors (Lipinski definition) is 3. The van der Waals surface area contributed by atoms with Gasteiger partial charge in [0.25, 0.3) is 0 Å². The molecule has 0 atom stereocenters. The lowest BCUT2D eigenvalue weighted by molar-refractivity contribution is -0.131. The predicted molar refractivity (Wildman–Crippen MR) is 173 cm³/mol. The van der Waals surface area contributed by atoms with Crippen molar-refractivity contribution in [2.45, 2.75) is 52.4 Å². The number of allylic oxidation sites excluding steroid dienone is 8. The van der Waals surface area contributed by atoms with Crippen LogP contribution in [0, 0.1) is 0 Å². The average Bonchev–Trinajstić information content (AvgIpc) is 3.43. The smallest absolute Gasteiger partial charge is 0.236 e. The molecule has 2 aromatic heterocycles. The van der Waals surface area contributed by atoms with Crippen LogP contribution in [-0.4, -0.2) is 72.5 Å². The Morgan fingerprint density at radius 1 is 1.20 bits per heavy atom. The summed E-state index contributed by atoms with van der Waals surface area (Å²) in [5, 5.41) is 9.95. The van der Waals surface area contributed by atoms with Crippen LogP contribution in [0.5, 0.6) is 0 Å². The fraction of sp³-hybridized carbons (Fsp3) is 0.438. The van der Waals surface area contributed by atoms with Crippen LogP contribution in [0.4, 0.5) is 5.82 Å². The highest BCUT2D eigenvalue weighted by molar-refractivity contribution is 5.78. The first-order chi connectivity index (χ1) is 19.8. The van der Waals surface area contributed by atoms with Crippen LogP contribution < -0.4 is 16.4 Å². The van der Waals surface area contributed by atoms with E-state index in [0.29, 0.717) is 23.9 Å². The summed E-state index contributed by atoms with van der Waals surface area (Å²) >= 11 is 0. The van der Waals surface area contributed by atoms with E-state index < -0.39 is 0 Å². The Bertz CT molecular complexity index is 1140. The molecule has 0 radical (unpaired) electrons. The molecule has 9 nitrogen and oxygen atoms in total. The minimum atomic E-state index is 0.169. The molecule has 3 rings (SSSR count). The van der Waals surface area contributed by atoms with Crippen molar-refractivity contribution >= 4 is 23.5 Å². The van der Waals surface area contributed by atoms with Gasteiger partial charge in [-0.25, -0.2) is 9.50 Å². The molecule has 226 valence electrons.